The zero-order valence-electron chi connectivity index (χ0n) is 12.4. The van der Waals surface area contributed by atoms with Gasteiger partial charge in [0.05, 0.1) is 5.70 Å². The van der Waals surface area contributed by atoms with Crippen LogP contribution in [0.2, 0.25) is 0 Å². The molecule has 1 aromatic rings. The van der Waals surface area contributed by atoms with Crippen LogP contribution in [0.5, 0.6) is 0 Å². The third kappa shape index (κ3) is 2.35. The molecule has 0 aliphatic carbocycles. The number of fused-ring (bicyclic) bond motifs is 3. The molecule has 0 N–H and O–H groups in total. The molecule has 0 saturated carbocycles. The molecular weight excluding hydrogens is 260 g/mol. The zero-order chi connectivity index (χ0) is 14.2. The number of ketones is 1. The Bertz CT molecular complexity index is 561. The molecule has 0 atom stereocenters. The van der Waals surface area contributed by atoms with E-state index in [9.17, 15) is 4.79 Å². The van der Waals surface area contributed by atoms with Crippen molar-refractivity contribution in [1.82, 2.24) is 4.90 Å². The van der Waals surface area contributed by atoms with E-state index in [0.29, 0.717) is 5.78 Å². The quantitative estimate of drug-likeness (QED) is 0.779. The van der Waals surface area contributed by atoms with Gasteiger partial charge in [-0.1, -0.05) is 12.1 Å². The fraction of sp³-hybridized carbons (Fsp3) is 0.500. The SMILES string of the molecule is O=C1/C(=C\c2ccc(N3CCCC3)cc2)N2CCC1CC2. The first-order valence-corrected chi connectivity index (χ1v) is 8.17. The number of anilines is 1. The van der Waals surface area contributed by atoms with Gasteiger partial charge in [-0.15, -0.1) is 0 Å². The lowest BCUT2D eigenvalue weighted by Crippen LogP contribution is -2.45. The van der Waals surface area contributed by atoms with Gasteiger partial charge in [0.15, 0.2) is 5.78 Å². The van der Waals surface area contributed by atoms with Crippen molar-refractivity contribution in [2.75, 3.05) is 31.1 Å². The fourth-order valence-electron chi connectivity index (χ4n) is 3.82. The number of allylic oxidation sites excluding steroid dienone is 1. The molecule has 3 nitrogen and oxygen atoms in total. The zero-order valence-corrected chi connectivity index (χ0v) is 12.4. The van der Waals surface area contributed by atoms with Crippen LogP contribution in [0.4, 0.5) is 5.69 Å². The van der Waals surface area contributed by atoms with Crippen molar-refractivity contribution in [2.45, 2.75) is 25.7 Å². The molecule has 4 fully saturated rings. The number of carbonyl (C=O) groups is 1. The van der Waals surface area contributed by atoms with Crippen LogP contribution in [-0.4, -0.2) is 36.9 Å². The van der Waals surface area contributed by atoms with Gasteiger partial charge in [-0.2, -0.15) is 0 Å². The number of benzene rings is 1. The Morgan fingerprint density at radius 1 is 0.905 bits per heavy atom. The lowest BCUT2D eigenvalue weighted by molar-refractivity contribution is -0.125. The van der Waals surface area contributed by atoms with Crippen molar-refractivity contribution in [1.29, 1.82) is 0 Å². The van der Waals surface area contributed by atoms with Gasteiger partial charge >= 0.3 is 0 Å². The fourth-order valence-corrected chi connectivity index (χ4v) is 3.82. The predicted octanol–water partition coefficient (Wildman–Crippen LogP) is 2.92. The number of carbonyl (C=O) groups excluding carboxylic acids is 1. The molecule has 110 valence electrons. The van der Waals surface area contributed by atoms with Crippen LogP contribution in [-0.2, 0) is 4.79 Å². The Hall–Kier alpha value is -1.77. The summed E-state index contributed by atoms with van der Waals surface area (Å²) in [4.78, 5) is 17.0. The summed E-state index contributed by atoms with van der Waals surface area (Å²) in [7, 11) is 0. The first kappa shape index (κ1) is 12.9. The van der Waals surface area contributed by atoms with E-state index in [1.165, 1.54) is 31.6 Å². The number of piperidine rings is 3. The average Bonchev–Trinajstić information content (AvgIpc) is 3.06. The van der Waals surface area contributed by atoms with E-state index in [-0.39, 0.29) is 5.92 Å². The van der Waals surface area contributed by atoms with Gasteiger partial charge in [-0.05, 0) is 49.5 Å². The third-order valence-electron chi connectivity index (χ3n) is 5.13. The summed E-state index contributed by atoms with van der Waals surface area (Å²) < 4.78 is 0. The Balaban J connectivity index is 1.56. The van der Waals surface area contributed by atoms with Gasteiger partial charge in [0, 0.05) is 37.8 Å². The van der Waals surface area contributed by atoms with Crippen LogP contribution in [0.25, 0.3) is 6.08 Å². The van der Waals surface area contributed by atoms with Crippen LogP contribution >= 0.6 is 0 Å². The highest BCUT2D eigenvalue weighted by molar-refractivity contribution is 6.01. The largest absolute Gasteiger partial charge is 0.372 e. The Labute approximate surface area is 126 Å². The molecule has 4 saturated heterocycles. The van der Waals surface area contributed by atoms with Crippen LogP contribution in [0.1, 0.15) is 31.2 Å². The van der Waals surface area contributed by atoms with Crippen molar-refractivity contribution >= 4 is 17.5 Å². The van der Waals surface area contributed by atoms with E-state index in [2.05, 4.69) is 40.1 Å². The molecule has 2 bridgehead atoms. The molecule has 0 radical (unpaired) electrons. The van der Waals surface area contributed by atoms with Crippen molar-refractivity contribution in [3.8, 4) is 0 Å². The highest BCUT2D eigenvalue weighted by Gasteiger charge is 2.36. The van der Waals surface area contributed by atoms with Crippen molar-refractivity contribution < 1.29 is 4.79 Å². The van der Waals surface area contributed by atoms with Crippen LogP contribution in [0, 0.1) is 5.92 Å². The Morgan fingerprint density at radius 3 is 2.19 bits per heavy atom. The number of Topliss-reactive ketones (excluding diaryl/α,β-unsaturated/α-hetero) is 1. The van der Waals surface area contributed by atoms with Gasteiger partial charge < -0.3 is 9.80 Å². The highest BCUT2D eigenvalue weighted by Crippen LogP contribution is 2.32. The van der Waals surface area contributed by atoms with Gasteiger partial charge in [-0.25, -0.2) is 0 Å². The second-order valence-electron chi connectivity index (χ2n) is 6.44. The number of hydrogen-bond acceptors (Lipinski definition) is 3. The third-order valence-corrected chi connectivity index (χ3v) is 5.13. The minimum atomic E-state index is 0.283. The molecule has 0 unspecified atom stereocenters. The van der Waals surface area contributed by atoms with Crippen molar-refractivity contribution in [3.05, 3.63) is 35.5 Å². The summed E-state index contributed by atoms with van der Waals surface area (Å²) in [5, 5.41) is 0. The predicted molar refractivity (Wildman–Crippen MR) is 85.2 cm³/mol. The molecule has 5 rings (SSSR count). The summed E-state index contributed by atoms with van der Waals surface area (Å²) in [5.41, 5.74) is 3.40. The summed E-state index contributed by atoms with van der Waals surface area (Å²) >= 11 is 0. The second kappa shape index (κ2) is 5.21. The van der Waals surface area contributed by atoms with Gasteiger partial charge in [0.1, 0.15) is 0 Å². The molecule has 4 aliphatic rings. The number of nitrogens with zero attached hydrogens (tertiary/aromatic N) is 2. The lowest BCUT2D eigenvalue weighted by atomic mass is 9.84. The van der Waals surface area contributed by atoms with E-state index < -0.39 is 0 Å². The molecule has 3 heteroatoms. The summed E-state index contributed by atoms with van der Waals surface area (Å²) in [6.07, 6.45) is 6.78. The first-order valence-electron chi connectivity index (χ1n) is 8.17. The Kier molecular flexibility index (Phi) is 3.21. The molecule has 4 aliphatic heterocycles. The van der Waals surface area contributed by atoms with Crippen LogP contribution in [0.3, 0.4) is 0 Å². The Morgan fingerprint density at radius 2 is 1.57 bits per heavy atom. The molecule has 0 spiro atoms. The van der Waals surface area contributed by atoms with E-state index in [1.54, 1.807) is 0 Å². The van der Waals surface area contributed by atoms with Gasteiger partial charge in [-0.3, -0.25) is 4.79 Å². The maximum Gasteiger partial charge on any atom is 0.182 e. The molecule has 21 heavy (non-hydrogen) atoms. The van der Waals surface area contributed by atoms with Gasteiger partial charge in [0.25, 0.3) is 0 Å². The average molecular weight is 282 g/mol. The van der Waals surface area contributed by atoms with E-state index >= 15 is 0 Å². The minimum absolute atomic E-state index is 0.283. The smallest absolute Gasteiger partial charge is 0.182 e. The van der Waals surface area contributed by atoms with Gasteiger partial charge in [0.2, 0.25) is 0 Å². The topological polar surface area (TPSA) is 23.6 Å². The van der Waals surface area contributed by atoms with Crippen molar-refractivity contribution in [3.63, 3.8) is 0 Å². The van der Waals surface area contributed by atoms with E-state index in [4.69, 9.17) is 0 Å². The van der Waals surface area contributed by atoms with Crippen molar-refractivity contribution in [2.24, 2.45) is 5.92 Å². The number of hydrogen-bond donors (Lipinski definition) is 0. The van der Waals surface area contributed by atoms with E-state index in [1.807, 2.05) is 0 Å². The molecule has 1 aromatic carbocycles. The molecule has 4 heterocycles. The molecule has 0 amide bonds. The maximum atomic E-state index is 12.3. The maximum absolute atomic E-state index is 12.3. The molecular formula is C18H22N2O. The second-order valence-corrected chi connectivity index (χ2v) is 6.44. The summed E-state index contributed by atoms with van der Waals surface area (Å²) in [5.74, 6) is 0.640. The van der Waals surface area contributed by atoms with E-state index in [0.717, 1.165) is 37.2 Å². The normalized spacial score (nSPS) is 24.4. The first-order chi connectivity index (χ1) is 10.3. The highest BCUT2D eigenvalue weighted by atomic mass is 16.1. The van der Waals surface area contributed by atoms with Crippen LogP contribution in [0.15, 0.2) is 30.0 Å². The van der Waals surface area contributed by atoms with Crippen LogP contribution < -0.4 is 4.90 Å². The standard InChI is InChI=1S/C18H22N2O/c21-18-15-7-11-20(12-8-15)17(18)13-14-3-5-16(6-4-14)19-9-1-2-10-19/h3-6,13,15H,1-2,7-12H2/b17-13+. The monoisotopic (exact) mass is 282 g/mol. The number of rotatable bonds is 2. The summed E-state index contributed by atoms with van der Waals surface area (Å²) in [6.45, 7) is 4.45. The minimum Gasteiger partial charge on any atom is -0.372 e. The summed E-state index contributed by atoms with van der Waals surface area (Å²) in [6, 6.07) is 8.69. The molecule has 0 aromatic heterocycles. The lowest BCUT2D eigenvalue weighted by Gasteiger charge is -2.41.